The lowest BCUT2D eigenvalue weighted by molar-refractivity contribution is -0.431. The minimum Gasteiger partial charge on any atom is -0.544 e. The number of carbonyl (C=O) groups is 1. The van der Waals surface area contributed by atoms with Crippen molar-refractivity contribution in [2.24, 2.45) is 0 Å². The molecule has 0 aromatic rings. The number of carboxylic acids is 1. The second-order valence-electron chi connectivity index (χ2n) is 3.14. The van der Waals surface area contributed by atoms with Gasteiger partial charge in [0.05, 0.1) is 11.7 Å². The van der Waals surface area contributed by atoms with Crippen molar-refractivity contribution in [3.8, 4) is 0 Å². The average molecular weight is 269 g/mol. The van der Waals surface area contributed by atoms with Gasteiger partial charge in [-0.25, -0.2) is 0 Å². The van der Waals surface area contributed by atoms with E-state index in [1.165, 1.54) is 11.8 Å². The molecule has 0 aromatic carbocycles. The molecule has 16 heavy (non-hydrogen) atoms. The third-order valence-corrected chi connectivity index (χ3v) is 6.36. The van der Waals surface area contributed by atoms with E-state index in [9.17, 15) is 9.90 Å². The van der Waals surface area contributed by atoms with Gasteiger partial charge in [0.2, 0.25) is 0 Å². The van der Waals surface area contributed by atoms with Crippen molar-refractivity contribution in [1.29, 1.82) is 0 Å². The first-order valence-electron chi connectivity index (χ1n) is 4.78. The van der Waals surface area contributed by atoms with E-state index in [0.717, 1.165) is 0 Å². The van der Waals surface area contributed by atoms with Crippen molar-refractivity contribution >= 4 is 26.5 Å². The Morgan fingerprint density at radius 2 is 1.88 bits per heavy atom. The minimum absolute atomic E-state index is 0.421. The summed E-state index contributed by atoms with van der Waals surface area (Å²) in [6.45, 7) is 0. The fraction of sp³-hybridized carbons (Fsp3) is 0.875. The molecule has 1 unspecified atom stereocenters. The molecule has 0 radical (unpaired) electrons. The van der Waals surface area contributed by atoms with Gasteiger partial charge >= 0.3 is 8.80 Å². The Morgan fingerprint density at radius 1 is 1.38 bits per heavy atom. The standard InChI is InChI=1S/C8H19NO5SSi/c1-12-16(13-2,14-3)5-4-15-6-7(9)8(10)11/h7H,4-6,9H2,1-3H3,(H,10,11). The maximum Gasteiger partial charge on any atom is 0.500 e. The molecule has 0 aliphatic carbocycles. The van der Waals surface area contributed by atoms with Crippen molar-refractivity contribution in [2.45, 2.75) is 12.1 Å². The number of quaternary nitrogens is 1. The number of thioether (sulfide) groups is 1. The van der Waals surface area contributed by atoms with Crippen LogP contribution in [0.2, 0.25) is 6.04 Å². The lowest BCUT2D eigenvalue weighted by Crippen LogP contribution is -2.69. The van der Waals surface area contributed by atoms with E-state index in [-0.39, 0.29) is 0 Å². The molecule has 8 heteroatoms. The number of hydrogen-bond acceptors (Lipinski definition) is 6. The van der Waals surface area contributed by atoms with Gasteiger partial charge in [0, 0.05) is 27.4 Å². The van der Waals surface area contributed by atoms with Gasteiger partial charge in [0.15, 0.2) is 0 Å². The van der Waals surface area contributed by atoms with E-state index in [1.54, 1.807) is 21.3 Å². The zero-order chi connectivity index (χ0) is 12.6. The topological polar surface area (TPSA) is 95.5 Å². The first-order valence-corrected chi connectivity index (χ1v) is 7.87. The summed E-state index contributed by atoms with van der Waals surface area (Å²) in [4.78, 5) is 10.4. The zero-order valence-corrected chi connectivity index (χ0v) is 11.7. The number of rotatable bonds is 9. The van der Waals surface area contributed by atoms with E-state index < -0.39 is 20.8 Å². The van der Waals surface area contributed by atoms with Crippen molar-refractivity contribution in [3.63, 3.8) is 0 Å². The van der Waals surface area contributed by atoms with Gasteiger partial charge in [0.25, 0.3) is 0 Å². The van der Waals surface area contributed by atoms with Crippen LogP contribution in [0.3, 0.4) is 0 Å². The largest absolute Gasteiger partial charge is 0.544 e. The molecule has 1 atom stereocenters. The first kappa shape index (κ1) is 15.9. The summed E-state index contributed by atoms with van der Waals surface area (Å²) in [5.74, 6) is 0.00610. The summed E-state index contributed by atoms with van der Waals surface area (Å²) in [5.41, 5.74) is 3.47. The van der Waals surface area contributed by atoms with Crippen LogP contribution in [0.5, 0.6) is 0 Å². The van der Waals surface area contributed by atoms with E-state index in [2.05, 4.69) is 5.73 Å². The molecule has 0 heterocycles. The molecule has 0 amide bonds. The third kappa shape index (κ3) is 5.28. The van der Waals surface area contributed by atoms with Crippen LogP contribution in [0.1, 0.15) is 0 Å². The summed E-state index contributed by atoms with van der Waals surface area (Å²) in [6.07, 6.45) is 0. The lowest BCUT2D eigenvalue weighted by Gasteiger charge is -2.24. The molecule has 0 spiro atoms. The molecule has 3 N–H and O–H groups in total. The van der Waals surface area contributed by atoms with Gasteiger partial charge in [-0.3, -0.25) is 0 Å². The fourth-order valence-electron chi connectivity index (χ4n) is 1.05. The number of carbonyl (C=O) groups excluding carboxylic acids is 1. The quantitative estimate of drug-likeness (QED) is 0.383. The lowest BCUT2D eigenvalue weighted by atomic mass is 10.4. The van der Waals surface area contributed by atoms with E-state index in [4.69, 9.17) is 13.3 Å². The average Bonchev–Trinajstić information content (AvgIpc) is 2.30. The van der Waals surface area contributed by atoms with Crippen LogP contribution in [-0.2, 0) is 18.1 Å². The van der Waals surface area contributed by atoms with Crippen LogP contribution < -0.4 is 10.8 Å². The molecule has 0 aromatic heterocycles. The molecule has 0 saturated heterocycles. The summed E-state index contributed by atoms with van der Waals surface area (Å²) in [5, 5.41) is 10.4. The highest BCUT2D eigenvalue weighted by Gasteiger charge is 2.37. The van der Waals surface area contributed by atoms with Crippen LogP contribution in [0.25, 0.3) is 0 Å². The van der Waals surface area contributed by atoms with Crippen LogP contribution in [-0.4, -0.2) is 53.7 Å². The second kappa shape index (κ2) is 8.04. The highest BCUT2D eigenvalue weighted by atomic mass is 32.2. The smallest absolute Gasteiger partial charge is 0.500 e. The Balaban J connectivity index is 3.83. The SMILES string of the molecule is CO[Si](CCSCC([NH3+])C(=O)[O-])(OC)OC. The Kier molecular flexibility index (Phi) is 7.98. The number of carboxylic acid groups (broad SMARTS) is 1. The monoisotopic (exact) mass is 269 g/mol. The minimum atomic E-state index is -2.52. The van der Waals surface area contributed by atoms with Crippen LogP contribution in [0, 0.1) is 0 Å². The molecule has 0 aliphatic heterocycles. The molecule has 0 bridgehead atoms. The number of hydrogen-bond donors (Lipinski definition) is 1. The highest BCUT2D eigenvalue weighted by Crippen LogP contribution is 2.16. The normalized spacial score (nSPS) is 13.8. The van der Waals surface area contributed by atoms with E-state index >= 15 is 0 Å². The molecular weight excluding hydrogens is 250 g/mol. The van der Waals surface area contributed by atoms with Gasteiger partial charge in [-0.15, -0.1) is 0 Å². The maximum absolute atomic E-state index is 10.4. The molecule has 96 valence electrons. The van der Waals surface area contributed by atoms with Crippen molar-refractivity contribution in [1.82, 2.24) is 0 Å². The summed E-state index contributed by atoms with van der Waals surface area (Å²) in [7, 11) is 2.13. The zero-order valence-electron chi connectivity index (χ0n) is 9.86. The van der Waals surface area contributed by atoms with Crippen LogP contribution in [0.15, 0.2) is 0 Å². The van der Waals surface area contributed by atoms with Crippen molar-refractivity contribution in [2.75, 3.05) is 32.8 Å². The Labute approximate surface area is 101 Å². The first-order chi connectivity index (χ1) is 7.51. The van der Waals surface area contributed by atoms with Crippen LogP contribution in [0.4, 0.5) is 0 Å². The third-order valence-electron chi connectivity index (χ3n) is 2.14. The van der Waals surface area contributed by atoms with Gasteiger partial charge < -0.3 is 28.9 Å². The van der Waals surface area contributed by atoms with Crippen molar-refractivity contribution in [3.05, 3.63) is 0 Å². The van der Waals surface area contributed by atoms with Gasteiger partial charge in [-0.2, -0.15) is 11.8 Å². The van der Waals surface area contributed by atoms with Gasteiger partial charge in [-0.1, -0.05) is 0 Å². The Bertz CT molecular complexity index is 206. The molecule has 6 nitrogen and oxygen atoms in total. The maximum atomic E-state index is 10.4. The second-order valence-corrected chi connectivity index (χ2v) is 7.38. The Hall–Kier alpha value is -0.123. The predicted octanol–water partition coefficient (Wildman–Crippen LogP) is -2.04. The highest BCUT2D eigenvalue weighted by molar-refractivity contribution is 7.99. The van der Waals surface area contributed by atoms with Crippen LogP contribution >= 0.6 is 11.8 Å². The molecule has 0 saturated carbocycles. The van der Waals surface area contributed by atoms with Crippen molar-refractivity contribution < 1.29 is 28.9 Å². The van der Waals surface area contributed by atoms with E-state index in [0.29, 0.717) is 17.5 Å². The number of aliphatic carboxylic acids is 1. The van der Waals surface area contributed by atoms with Gasteiger partial charge in [0.1, 0.15) is 6.04 Å². The predicted molar refractivity (Wildman–Crippen MR) is 60.6 cm³/mol. The van der Waals surface area contributed by atoms with Gasteiger partial charge in [-0.05, 0) is 5.75 Å². The molecular formula is C8H19NO5SSi. The summed E-state index contributed by atoms with van der Waals surface area (Å²) < 4.78 is 15.7. The molecule has 0 fully saturated rings. The summed E-state index contributed by atoms with van der Waals surface area (Å²) in [6, 6.07) is -0.0466. The molecule has 0 rings (SSSR count). The summed E-state index contributed by atoms with van der Waals surface area (Å²) >= 11 is 1.47. The molecule has 0 aliphatic rings. The van der Waals surface area contributed by atoms with E-state index in [1.807, 2.05) is 0 Å². The fourth-order valence-corrected chi connectivity index (χ4v) is 4.32. The Morgan fingerprint density at radius 3 is 2.25 bits per heavy atom.